The van der Waals surface area contributed by atoms with Gasteiger partial charge in [-0.05, 0) is 60.1 Å². The smallest absolute Gasteiger partial charge is 0.231 e. The first kappa shape index (κ1) is 23.0. The van der Waals surface area contributed by atoms with Crippen LogP contribution in [0.2, 0.25) is 0 Å². The van der Waals surface area contributed by atoms with E-state index in [1.807, 2.05) is 24.3 Å². The first-order chi connectivity index (χ1) is 15.1. The van der Waals surface area contributed by atoms with Crippen LogP contribution in [0, 0.1) is 11.8 Å². The molecule has 3 rings (SSSR count). The van der Waals surface area contributed by atoms with Gasteiger partial charge in [0.1, 0.15) is 0 Å². The van der Waals surface area contributed by atoms with E-state index < -0.39 is 0 Å². The maximum atomic E-state index is 5.59. The Morgan fingerprint density at radius 3 is 1.94 bits per heavy atom. The van der Waals surface area contributed by atoms with E-state index in [4.69, 9.17) is 33.2 Å². The number of hydrogen-bond acceptors (Lipinski definition) is 7. The van der Waals surface area contributed by atoms with Crippen LogP contribution < -0.4 is 23.7 Å². The van der Waals surface area contributed by atoms with Gasteiger partial charge in [0.2, 0.25) is 12.5 Å². The fraction of sp³-hybridized carbons (Fsp3) is 0.500. The topological polar surface area (TPSA) is 64.6 Å². The van der Waals surface area contributed by atoms with Gasteiger partial charge in [-0.3, -0.25) is 0 Å². The molecule has 1 heterocycles. The van der Waals surface area contributed by atoms with Crippen LogP contribution in [-0.2, 0) is 22.3 Å². The number of hydrogen-bond donors (Lipinski definition) is 0. The minimum Gasteiger partial charge on any atom is -0.493 e. The first-order valence-electron chi connectivity index (χ1n) is 10.3. The minimum absolute atomic E-state index is 0.211. The van der Waals surface area contributed by atoms with Crippen LogP contribution in [0.25, 0.3) is 0 Å². The Hall–Kier alpha value is -2.64. The summed E-state index contributed by atoms with van der Waals surface area (Å²) < 4.78 is 38.6. The summed E-state index contributed by atoms with van der Waals surface area (Å²) in [7, 11) is 8.38. The number of rotatable bonds is 12. The Labute approximate surface area is 184 Å². The van der Waals surface area contributed by atoms with E-state index in [0.29, 0.717) is 30.5 Å². The Morgan fingerprint density at radius 2 is 1.32 bits per heavy atom. The molecule has 0 bridgehead atoms. The lowest BCUT2D eigenvalue weighted by molar-refractivity contribution is 0.0697. The quantitative estimate of drug-likeness (QED) is 0.506. The van der Waals surface area contributed by atoms with Gasteiger partial charge in [0, 0.05) is 27.4 Å². The van der Waals surface area contributed by atoms with Gasteiger partial charge in [0.05, 0.1) is 21.3 Å². The van der Waals surface area contributed by atoms with Crippen LogP contribution >= 0.6 is 0 Å². The van der Waals surface area contributed by atoms with Crippen LogP contribution in [0.1, 0.15) is 11.1 Å². The lowest BCUT2D eigenvalue weighted by atomic mass is 9.83. The van der Waals surface area contributed by atoms with E-state index in [1.54, 1.807) is 35.5 Å². The molecule has 1 aliphatic rings. The fourth-order valence-corrected chi connectivity index (χ4v) is 4.07. The maximum absolute atomic E-state index is 5.59. The molecule has 7 nitrogen and oxygen atoms in total. The zero-order valence-corrected chi connectivity index (χ0v) is 18.9. The van der Waals surface area contributed by atoms with E-state index in [9.17, 15) is 0 Å². The van der Waals surface area contributed by atoms with Crippen LogP contribution in [0.4, 0.5) is 0 Å². The minimum atomic E-state index is 0.211. The van der Waals surface area contributed by atoms with Crippen LogP contribution in [0.3, 0.4) is 0 Å². The Kier molecular flexibility index (Phi) is 8.26. The molecule has 2 aromatic rings. The van der Waals surface area contributed by atoms with Crippen molar-refractivity contribution in [3.63, 3.8) is 0 Å². The summed E-state index contributed by atoms with van der Waals surface area (Å²) in [5.74, 6) is 3.96. The largest absolute Gasteiger partial charge is 0.493 e. The standard InChI is InChI=1S/C24H32O7/c1-25-13-18(8-16-6-7-20(27-3)21(10-16)28-4)19(14-26-2)9-17-11-22(29-5)24-23(12-17)30-15-31-24/h6-7,10-12,18-19H,8-9,13-15H2,1-5H3/t18-,19+/m0/s1. The zero-order valence-electron chi connectivity index (χ0n) is 18.9. The lowest BCUT2D eigenvalue weighted by Gasteiger charge is -2.27. The lowest BCUT2D eigenvalue weighted by Crippen LogP contribution is -2.27. The van der Waals surface area contributed by atoms with E-state index >= 15 is 0 Å². The van der Waals surface area contributed by atoms with Gasteiger partial charge in [-0.15, -0.1) is 0 Å². The average Bonchev–Trinajstić information content (AvgIpc) is 3.26. The van der Waals surface area contributed by atoms with Crippen molar-refractivity contribution < 1.29 is 33.2 Å². The summed E-state index contributed by atoms with van der Waals surface area (Å²) in [5.41, 5.74) is 2.26. The summed E-state index contributed by atoms with van der Waals surface area (Å²) in [6, 6.07) is 10.1. The Balaban J connectivity index is 1.83. The molecule has 7 heteroatoms. The second-order valence-corrected chi connectivity index (χ2v) is 7.56. The van der Waals surface area contributed by atoms with Gasteiger partial charge in [0.15, 0.2) is 23.0 Å². The maximum Gasteiger partial charge on any atom is 0.231 e. The molecule has 0 unspecified atom stereocenters. The monoisotopic (exact) mass is 432 g/mol. The molecule has 1 aliphatic heterocycles. The third-order valence-electron chi connectivity index (χ3n) is 5.59. The van der Waals surface area contributed by atoms with Crippen molar-refractivity contribution in [2.24, 2.45) is 11.8 Å². The second-order valence-electron chi connectivity index (χ2n) is 7.56. The van der Waals surface area contributed by atoms with Crippen LogP contribution in [-0.4, -0.2) is 55.6 Å². The number of benzene rings is 2. The van der Waals surface area contributed by atoms with Gasteiger partial charge in [-0.25, -0.2) is 0 Å². The van der Waals surface area contributed by atoms with Gasteiger partial charge >= 0.3 is 0 Å². The second kappa shape index (κ2) is 11.1. The molecule has 0 saturated carbocycles. The van der Waals surface area contributed by atoms with Crippen molar-refractivity contribution in [1.29, 1.82) is 0 Å². The normalized spacial score (nSPS) is 14.2. The molecule has 0 amide bonds. The highest BCUT2D eigenvalue weighted by Gasteiger charge is 2.26. The van der Waals surface area contributed by atoms with Gasteiger partial charge in [0.25, 0.3) is 0 Å². The van der Waals surface area contributed by atoms with E-state index in [1.165, 1.54) is 0 Å². The van der Waals surface area contributed by atoms with E-state index in [2.05, 4.69) is 6.07 Å². The highest BCUT2D eigenvalue weighted by Crippen LogP contribution is 2.42. The molecule has 0 N–H and O–H groups in total. The highest BCUT2D eigenvalue weighted by atomic mass is 16.7. The summed E-state index contributed by atoms with van der Waals surface area (Å²) in [6.07, 6.45) is 1.62. The molecule has 0 saturated heterocycles. The first-order valence-corrected chi connectivity index (χ1v) is 10.3. The molecule has 0 spiro atoms. The summed E-state index contributed by atoms with van der Waals surface area (Å²) in [6.45, 7) is 1.43. The van der Waals surface area contributed by atoms with Gasteiger partial charge < -0.3 is 33.2 Å². The van der Waals surface area contributed by atoms with Crippen molar-refractivity contribution >= 4 is 0 Å². The number of fused-ring (bicyclic) bond motifs is 1. The molecule has 2 aromatic carbocycles. The molecule has 0 aromatic heterocycles. The molecule has 31 heavy (non-hydrogen) atoms. The van der Waals surface area contributed by atoms with Crippen molar-refractivity contribution in [1.82, 2.24) is 0 Å². The van der Waals surface area contributed by atoms with E-state index in [-0.39, 0.29) is 18.6 Å². The van der Waals surface area contributed by atoms with Crippen LogP contribution in [0.5, 0.6) is 28.7 Å². The Bertz CT molecular complexity index is 852. The fourth-order valence-electron chi connectivity index (χ4n) is 4.07. The van der Waals surface area contributed by atoms with Gasteiger partial charge in [-0.1, -0.05) is 6.07 Å². The molecule has 0 fully saturated rings. The summed E-state index contributed by atoms with van der Waals surface area (Å²) in [5, 5.41) is 0. The van der Waals surface area contributed by atoms with Gasteiger partial charge in [-0.2, -0.15) is 0 Å². The zero-order chi connectivity index (χ0) is 22.2. The predicted octanol–water partition coefficient (Wildman–Crippen LogP) is 3.75. The molecule has 2 atom stereocenters. The number of methoxy groups -OCH3 is 5. The molecular weight excluding hydrogens is 400 g/mol. The summed E-state index contributed by atoms with van der Waals surface area (Å²) in [4.78, 5) is 0. The third-order valence-corrected chi connectivity index (χ3v) is 5.59. The molecule has 170 valence electrons. The average molecular weight is 433 g/mol. The molecular formula is C24H32O7. The molecule has 0 aliphatic carbocycles. The predicted molar refractivity (Wildman–Crippen MR) is 117 cm³/mol. The SMILES string of the molecule is COC[C@H](Cc1ccc(OC)c(OC)c1)[C@@H](COC)Cc1cc(OC)c2c(c1)OCO2. The molecule has 0 radical (unpaired) electrons. The summed E-state index contributed by atoms with van der Waals surface area (Å²) >= 11 is 0. The number of ether oxygens (including phenoxy) is 7. The van der Waals surface area contributed by atoms with Crippen molar-refractivity contribution in [3.8, 4) is 28.7 Å². The van der Waals surface area contributed by atoms with Crippen molar-refractivity contribution in [2.75, 3.05) is 55.6 Å². The third kappa shape index (κ3) is 5.54. The Morgan fingerprint density at radius 1 is 0.710 bits per heavy atom. The van der Waals surface area contributed by atoms with E-state index in [0.717, 1.165) is 35.5 Å². The highest BCUT2D eigenvalue weighted by molar-refractivity contribution is 5.55. The van der Waals surface area contributed by atoms with Crippen molar-refractivity contribution in [3.05, 3.63) is 41.5 Å². The van der Waals surface area contributed by atoms with Crippen molar-refractivity contribution in [2.45, 2.75) is 12.8 Å². The van der Waals surface area contributed by atoms with Crippen LogP contribution in [0.15, 0.2) is 30.3 Å².